The standard InChI is InChI=1S/C21H24N2O4/c1-26-18-9-6-14(12-19(18)27-2)10-11-22-21(25)16-7-8-17-15(13-16)4-3-5-20(24)23-17/h6-9,12-13H,3-5,10-11H2,1-2H3,(H,22,25)(H,23,24). The van der Waals surface area contributed by atoms with Gasteiger partial charge < -0.3 is 20.1 Å². The van der Waals surface area contributed by atoms with Crippen molar-refractivity contribution in [2.45, 2.75) is 25.7 Å². The van der Waals surface area contributed by atoms with E-state index in [4.69, 9.17) is 9.47 Å². The monoisotopic (exact) mass is 368 g/mol. The van der Waals surface area contributed by atoms with E-state index in [0.717, 1.165) is 29.7 Å². The number of rotatable bonds is 6. The number of amides is 2. The van der Waals surface area contributed by atoms with Crippen LogP contribution in [0.15, 0.2) is 36.4 Å². The van der Waals surface area contributed by atoms with Crippen molar-refractivity contribution in [1.29, 1.82) is 0 Å². The van der Waals surface area contributed by atoms with Crippen LogP contribution in [0.4, 0.5) is 5.69 Å². The second kappa shape index (κ2) is 8.58. The second-order valence-corrected chi connectivity index (χ2v) is 6.47. The maximum atomic E-state index is 12.5. The van der Waals surface area contributed by atoms with Gasteiger partial charge in [0.25, 0.3) is 5.91 Å². The first-order valence-electron chi connectivity index (χ1n) is 9.02. The lowest BCUT2D eigenvalue weighted by atomic mass is 10.0. The fourth-order valence-corrected chi connectivity index (χ4v) is 3.17. The van der Waals surface area contributed by atoms with Gasteiger partial charge in [0.1, 0.15) is 0 Å². The summed E-state index contributed by atoms with van der Waals surface area (Å²) in [5, 5.41) is 5.83. The van der Waals surface area contributed by atoms with Crippen LogP contribution in [0, 0.1) is 0 Å². The quantitative estimate of drug-likeness (QED) is 0.822. The Morgan fingerprint density at radius 3 is 2.67 bits per heavy atom. The number of hydrogen-bond acceptors (Lipinski definition) is 4. The zero-order valence-corrected chi connectivity index (χ0v) is 15.6. The predicted octanol–water partition coefficient (Wildman–Crippen LogP) is 2.95. The summed E-state index contributed by atoms with van der Waals surface area (Å²) in [5.41, 5.74) is 3.47. The Morgan fingerprint density at radius 1 is 1.07 bits per heavy atom. The molecule has 0 aromatic heterocycles. The Balaban J connectivity index is 1.60. The van der Waals surface area contributed by atoms with Crippen LogP contribution in [0.5, 0.6) is 11.5 Å². The zero-order valence-electron chi connectivity index (χ0n) is 15.6. The van der Waals surface area contributed by atoms with Crippen LogP contribution < -0.4 is 20.1 Å². The first-order chi connectivity index (χ1) is 13.1. The molecule has 6 heteroatoms. The molecule has 0 bridgehead atoms. The molecule has 27 heavy (non-hydrogen) atoms. The Bertz CT molecular complexity index is 848. The van der Waals surface area contributed by atoms with E-state index >= 15 is 0 Å². The first kappa shape index (κ1) is 18.8. The number of nitrogens with one attached hydrogen (secondary N) is 2. The summed E-state index contributed by atoms with van der Waals surface area (Å²) in [6.07, 6.45) is 2.79. The number of carbonyl (C=O) groups is 2. The topological polar surface area (TPSA) is 76.7 Å². The number of anilines is 1. The molecule has 142 valence electrons. The van der Waals surface area contributed by atoms with Crippen molar-refractivity contribution in [3.63, 3.8) is 0 Å². The Morgan fingerprint density at radius 2 is 1.89 bits per heavy atom. The van der Waals surface area contributed by atoms with Crippen LogP contribution in [-0.2, 0) is 17.6 Å². The smallest absolute Gasteiger partial charge is 0.251 e. The summed E-state index contributed by atoms with van der Waals surface area (Å²) >= 11 is 0. The number of fused-ring (bicyclic) bond motifs is 1. The highest BCUT2D eigenvalue weighted by molar-refractivity contribution is 5.97. The third-order valence-corrected chi connectivity index (χ3v) is 4.64. The van der Waals surface area contributed by atoms with Gasteiger partial charge in [0.2, 0.25) is 5.91 Å². The average molecular weight is 368 g/mol. The van der Waals surface area contributed by atoms with Crippen molar-refractivity contribution in [3.8, 4) is 11.5 Å². The molecule has 0 atom stereocenters. The summed E-state index contributed by atoms with van der Waals surface area (Å²) in [5.74, 6) is 1.27. The molecule has 0 saturated heterocycles. The normalized spacial score (nSPS) is 13.2. The molecule has 1 aliphatic rings. The van der Waals surface area contributed by atoms with Gasteiger partial charge in [-0.15, -0.1) is 0 Å². The third kappa shape index (κ3) is 4.58. The molecule has 6 nitrogen and oxygen atoms in total. The van der Waals surface area contributed by atoms with Crippen LogP contribution >= 0.6 is 0 Å². The first-order valence-corrected chi connectivity index (χ1v) is 9.02. The molecule has 0 saturated carbocycles. The lowest BCUT2D eigenvalue weighted by Crippen LogP contribution is -2.25. The molecule has 3 rings (SSSR count). The van der Waals surface area contributed by atoms with Crippen molar-refractivity contribution in [2.75, 3.05) is 26.1 Å². The largest absolute Gasteiger partial charge is 0.493 e. The van der Waals surface area contributed by atoms with Crippen molar-refractivity contribution in [3.05, 3.63) is 53.1 Å². The number of methoxy groups -OCH3 is 2. The van der Waals surface area contributed by atoms with E-state index in [-0.39, 0.29) is 11.8 Å². The van der Waals surface area contributed by atoms with Gasteiger partial charge in [-0.05, 0) is 60.7 Å². The molecule has 1 aliphatic heterocycles. The fraction of sp³-hybridized carbons (Fsp3) is 0.333. The summed E-state index contributed by atoms with van der Waals surface area (Å²) in [4.78, 5) is 24.1. The number of aryl methyl sites for hydroxylation is 1. The summed E-state index contributed by atoms with van der Waals surface area (Å²) in [7, 11) is 3.20. The highest BCUT2D eigenvalue weighted by Crippen LogP contribution is 2.27. The SMILES string of the molecule is COc1ccc(CCNC(=O)c2ccc3c(c2)CCCC(=O)N3)cc1OC. The van der Waals surface area contributed by atoms with Gasteiger partial charge in [-0.25, -0.2) is 0 Å². The molecular weight excluding hydrogens is 344 g/mol. The van der Waals surface area contributed by atoms with Crippen LogP contribution in [-0.4, -0.2) is 32.6 Å². The molecule has 1 heterocycles. The van der Waals surface area contributed by atoms with Gasteiger partial charge in [-0.3, -0.25) is 9.59 Å². The number of carbonyl (C=O) groups excluding carboxylic acids is 2. The molecule has 2 aromatic rings. The number of hydrogen-bond donors (Lipinski definition) is 2. The van der Waals surface area contributed by atoms with Gasteiger partial charge in [-0.2, -0.15) is 0 Å². The number of benzene rings is 2. The van der Waals surface area contributed by atoms with Crippen LogP contribution in [0.1, 0.15) is 34.3 Å². The molecule has 0 fully saturated rings. The molecule has 0 unspecified atom stereocenters. The lowest BCUT2D eigenvalue weighted by Gasteiger charge is -2.11. The van der Waals surface area contributed by atoms with Gasteiger partial charge in [-0.1, -0.05) is 6.07 Å². The summed E-state index contributed by atoms with van der Waals surface area (Å²) < 4.78 is 10.5. The zero-order chi connectivity index (χ0) is 19.2. The van der Waals surface area contributed by atoms with Crippen molar-refractivity contribution in [2.24, 2.45) is 0 Å². The highest BCUT2D eigenvalue weighted by Gasteiger charge is 2.15. The molecule has 0 aliphatic carbocycles. The lowest BCUT2D eigenvalue weighted by molar-refractivity contribution is -0.116. The molecule has 2 aromatic carbocycles. The molecular formula is C21H24N2O4. The van der Waals surface area contributed by atoms with Gasteiger partial charge >= 0.3 is 0 Å². The van der Waals surface area contributed by atoms with E-state index in [0.29, 0.717) is 36.4 Å². The van der Waals surface area contributed by atoms with E-state index in [9.17, 15) is 9.59 Å². The van der Waals surface area contributed by atoms with Gasteiger partial charge in [0, 0.05) is 24.2 Å². The minimum atomic E-state index is -0.117. The van der Waals surface area contributed by atoms with Crippen molar-refractivity contribution >= 4 is 17.5 Å². The Labute approximate surface area is 158 Å². The van der Waals surface area contributed by atoms with Crippen LogP contribution in [0.3, 0.4) is 0 Å². The maximum Gasteiger partial charge on any atom is 0.251 e. The van der Waals surface area contributed by atoms with E-state index < -0.39 is 0 Å². The predicted molar refractivity (Wildman–Crippen MR) is 104 cm³/mol. The molecule has 2 N–H and O–H groups in total. The van der Waals surface area contributed by atoms with Crippen molar-refractivity contribution in [1.82, 2.24) is 5.32 Å². The van der Waals surface area contributed by atoms with Crippen LogP contribution in [0.2, 0.25) is 0 Å². The van der Waals surface area contributed by atoms with Gasteiger partial charge in [0.15, 0.2) is 11.5 Å². The van der Waals surface area contributed by atoms with E-state index in [2.05, 4.69) is 10.6 Å². The summed E-state index contributed by atoms with van der Waals surface area (Å²) in [6.45, 7) is 0.516. The van der Waals surface area contributed by atoms with E-state index in [1.807, 2.05) is 30.3 Å². The fourth-order valence-electron chi connectivity index (χ4n) is 3.17. The highest BCUT2D eigenvalue weighted by atomic mass is 16.5. The van der Waals surface area contributed by atoms with Crippen LogP contribution in [0.25, 0.3) is 0 Å². The Kier molecular flexibility index (Phi) is 5.96. The minimum Gasteiger partial charge on any atom is -0.493 e. The average Bonchev–Trinajstić information content (AvgIpc) is 2.87. The molecule has 0 radical (unpaired) electrons. The molecule has 0 spiro atoms. The van der Waals surface area contributed by atoms with E-state index in [1.54, 1.807) is 20.3 Å². The number of ether oxygens (including phenoxy) is 2. The third-order valence-electron chi connectivity index (χ3n) is 4.64. The Hall–Kier alpha value is -3.02. The second-order valence-electron chi connectivity index (χ2n) is 6.47. The molecule has 2 amide bonds. The van der Waals surface area contributed by atoms with Gasteiger partial charge in [0.05, 0.1) is 14.2 Å². The van der Waals surface area contributed by atoms with E-state index in [1.165, 1.54) is 0 Å². The summed E-state index contributed by atoms with van der Waals surface area (Å²) in [6, 6.07) is 11.1. The maximum absolute atomic E-state index is 12.5. The minimum absolute atomic E-state index is 0.0286. The van der Waals surface area contributed by atoms with Crippen molar-refractivity contribution < 1.29 is 19.1 Å².